The normalized spacial score (nSPS) is 11.1. The molecule has 2 aromatic carbocycles. The van der Waals surface area contributed by atoms with Crippen LogP contribution in [-0.4, -0.2) is 9.97 Å². The molecule has 4 aromatic rings. The standard InChI is InChI=1S/C20H19N5/c1-11-7-17(21)15-9-13(3-5-19(15)23-11)25-14-4-6-20-16(10-14)18(22)8-12(2)24-20/h3-10,25H,1-2H3,(H2,21,23)(H2,22,24). The summed E-state index contributed by atoms with van der Waals surface area (Å²) in [5, 5.41) is 5.28. The number of aryl methyl sites for hydroxylation is 2. The molecule has 2 aromatic heterocycles. The Hall–Kier alpha value is -3.34. The Bertz CT molecular complexity index is 1030. The van der Waals surface area contributed by atoms with E-state index in [-0.39, 0.29) is 0 Å². The number of hydrogen-bond donors (Lipinski definition) is 3. The Balaban J connectivity index is 1.74. The number of aromatic nitrogens is 2. The molecule has 0 bridgehead atoms. The van der Waals surface area contributed by atoms with E-state index in [1.165, 1.54) is 0 Å². The van der Waals surface area contributed by atoms with E-state index in [1.54, 1.807) is 0 Å². The Morgan fingerprint density at radius 1 is 0.680 bits per heavy atom. The number of nitrogens with one attached hydrogen (secondary N) is 1. The third kappa shape index (κ3) is 2.80. The lowest BCUT2D eigenvalue weighted by Gasteiger charge is -2.11. The highest BCUT2D eigenvalue weighted by molar-refractivity contribution is 5.95. The topological polar surface area (TPSA) is 89.8 Å². The van der Waals surface area contributed by atoms with Crippen LogP contribution < -0.4 is 16.8 Å². The molecule has 0 spiro atoms. The Labute approximate surface area is 145 Å². The van der Waals surface area contributed by atoms with Crippen LogP contribution in [0.5, 0.6) is 0 Å². The van der Waals surface area contributed by atoms with Crippen LogP contribution in [-0.2, 0) is 0 Å². The van der Waals surface area contributed by atoms with E-state index in [0.29, 0.717) is 0 Å². The monoisotopic (exact) mass is 329 g/mol. The Morgan fingerprint density at radius 3 is 1.56 bits per heavy atom. The van der Waals surface area contributed by atoms with Gasteiger partial charge in [-0.05, 0) is 62.4 Å². The molecule has 0 aliphatic rings. The first kappa shape index (κ1) is 15.2. The summed E-state index contributed by atoms with van der Waals surface area (Å²) >= 11 is 0. The molecule has 0 radical (unpaired) electrons. The largest absolute Gasteiger partial charge is 0.398 e. The van der Waals surface area contributed by atoms with Gasteiger partial charge in [0.2, 0.25) is 0 Å². The van der Waals surface area contributed by atoms with Gasteiger partial charge in [-0.1, -0.05) is 0 Å². The van der Waals surface area contributed by atoms with Crippen LogP contribution in [0.15, 0.2) is 48.5 Å². The van der Waals surface area contributed by atoms with Crippen LogP contribution >= 0.6 is 0 Å². The average Bonchev–Trinajstić information content (AvgIpc) is 2.56. The van der Waals surface area contributed by atoms with Crippen LogP contribution in [0.2, 0.25) is 0 Å². The molecule has 5 heteroatoms. The number of nitrogens with zero attached hydrogens (tertiary/aromatic N) is 2. The summed E-state index contributed by atoms with van der Waals surface area (Å²) < 4.78 is 0. The number of rotatable bonds is 2. The third-order valence-electron chi connectivity index (χ3n) is 4.23. The van der Waals surface area contributed by atoms with Gasteiger partial charge in [-0.3, -0.25) is 9.97 Å². The predicted molar refractivity (Wildman–Crippen MR) is 105 cm³/mol. The van der Waals surface area contributed by atoms with Crippen LogP contribution in [0.4, 0.5) is 22.7 Å². The van der Waals surface area contributed by atoms with E-state index in [9.17, 15) is 0 Å². The second-order valence-corrected chi connectivity index (χ2v) is 6.29. The summed E-state index contributed by atoms with van der Waals surface area (Å²) in [5.41, 5.74) is 19.2. The maximum absolute atomic E-state index is 6.14. The quantitative estimate of drug-likeness (QED) is 0.510. The van der Waals surface area contributed by atoms with Crippen molar-refractivity contribution in [3.63, 3.8) is 0 Å². The molecule has 124 valence electrons. The van der Waals surface area contributed by atoms with Gasteiger partial charge in [-0.2, -0.15) is 0 Å². The molecule has 0 saturated heterocycles. The van der Waals surface area contributed by atoms with Crippen molar-refractivity contribution >= 4 is 44.6 Å². The molecule has 0 aliphatic carbocycles. The summed E-state index contributed by atoms with van der Waals surface area (Å²) in [6, 6.07) is 15.7. The van der Waals surface area contributed by atoms with Crippen molar-refractivity contribution in [2.24, 2.45) is 0 Å². The minimum absolute atomic E-state index is 0.730. The van der Waals surface area contributed by atoms with E-state index < -0.39 is 0 Å². The molecule has 0 aliphatic heterocycles. The van der Waals surface area contributed by atoms with Crippen LogP contribution in [0.3, 0.4) is 0 Å². The molecule has 2 heterocycles. The van der Waals surface area contributed by atoms with Gasteiger partial charge in [0.05, 0.1) is 11.0 Å². The Morgan fingerprint density at radius 2 is 1.12 bits per heavy atom. The van der Waals surface area contributed by atoms with E-state index in [0.717, 1.165) is 55.9 Å². The van der Waals surface area contributed by atoms with Crippen molar-refractivity contribution in [2.75, 3.05) is 16.8 Å². The minimum Gasteiger partial charge on any atom is -0.398 e. The van der Waals surface area contributed by atoms with Gasteiger partial charge < -0.3 is 16.8 Å². The molecule has 0 saturated carbocycles. The van der Waals surface area contributed by atoms with Gasteiger partial charge in [0, 0.05) is 44.9 Å². The van der Waals surface area contributed by atoms with Crippen molar-refractivity contribution in [1.29, 1.82) is 0 Å². The fourth-order valence-electron chi connectivity index (χ4n) is 3.10. The maximum atomic E-state index is 6.14. The van der Waals surface area contributed by atoms with Gasteiger partial charge in [-0.15, -0.1) is 0 Å². The van der Waals surface area contributed by atoms with Crippen LogP contribution in [0.25, 0.3) is 21.8 Å². The lowest BCUT2D eigenvalue weighted by molar-refractivity contribution is 1.26. The molecule has 4 rings (SSSR count). The maximum Gasteiger partial charge on any atom is 0.0727 e. The van der Waals surface area contributed by atoms with Gasteiger partial charge in [-0.25, -0.2) is 0 Å². The minimum atomic E-state index is 0.730. The number of benzene rings is 2. The summed E-state index contributed by atoms with van der Waals surface area (Å²) in [6.45, 7) is 3.88. The summed E-state index contributed by atoms with van der Waals surface area (Å²) in [5.74, 6) is 0. The van der Waals surface area contributed by atoms with Crippen molar-refractivity contribution in [3.8, 4) is 0 Å². The zero-order chi connectivity index (χ0) is 17.6. The van der Waals surface area contributed by atoms with Crippen molar-refractivity contribution in [2.45, 2.75) is 13.8 Å². The van der Waals surface area contributed by atoms with Crippen molar-refractivity contribution < 1.29 is 0 Å². The number of pyridine rings is 2. The van der Waals surface area contributed by atoms with E-state index in [4.69, 9.17) is 11.5 Å². The number of nitrogen functional groups attached to an aromatic ring is 2. The summed E-state index contributed by atoms with van der Waals surface area (Å²) in [7, 11) is 0. The summed E-state index contributed by atoms with van der Waals surface area (Å²) in [4.78, 5) is 9.03. The Kier molecular flexibility index (Phi) is 3.42. The van der Waals surface area contributed by atoms with Gasteiger partial charge in [0.25, 0.3) is 0 Å². The van der Waals surface area contributed by atoms with Crippen molar-refractivity contribution in [3.05, 3.63) is 59.9 Å². The molecule has 25 heavy (non-hydrogen) atoms. The smallest absolute Gasteiger partial charge is 0.0727 e. The SMILES string of the molecule is Cc1cc(N)c2cc(Nc3ccc4nc(C)cc(N)c4c3)ccc2n1. The third-order valence-corrected chi connectivity index (χ3v) is 4.23. The second kappa shape index (κ2) is 5.63. The van der Waals surface area contributed by atoms with Crippen LogP contribution in [0, 0.1) is 13.8 Å². The lowest BCUT2D eigenvalue weighted by Crippen LogP contribution is -1.96. The summed E-state index contributed by atoms with van der Waals surface area (Å²) in [6.07, 6.45) is 0. The molecule has 0 atom stereocenters. The molecule has 5 nitrogen and oxygen atoms in total. The lowest BCUT2D eigenvalue weighted by atomic mass is 10.1. The number of nitrogens with two attached hydrogens (primary N) is 2. The number of anilines is 4. The van der Waals surface area contributed by atoms with E-state index >= 15 is 0 Å². The molecule has 0 unspecified atom stereocenters. The molecule has 5 N–H and O–H groups in total. The average molecular weight is 329 g/mol. The first-order valence-corrected chi connectivity index (χ1v) is 8.10. The van der Waals surface area contributed by atoms with E-state index in [2.05, 4.69) is 15.3 Å². The zero-order valence-corrected chi connectivity index (χ0v) is 14.2. The molecular weight excluding hydrogens is 310 g/mol. The highest BCUT2D eigenvalue weighted by Crippen LogP contribution is 2.28. The fraction of sp³-hybridized carbons (Fsp3) is 0.100. The highest BCUT2D eigenvalue weighted by atomic mass is 14.9. The predicted octanol–water partition coefficient (Wildman–Crippen LogP) is 4.31. The molecule has 0 amide bonds. The molecule has 0 fully saturated rings. The first-order valence-electron chi connectivity index (χ1n) is 8.10. The first-order chi connectivity index (χ1) is 12.0. The highest BCUT2D eigenvalue weighted by Gasteiger charge is 2.06. The number of hydrogen-bond acceptors (Lipinski definition) is 5. The van der Waals surface area contributed by atoms with Gasteiger partial charge >= 0.3 is 0 Å². The molecular formula is C20H19N5. The van der Waals surface area contributed by atoms with Crippen LogP contribution in [0.1, 0.15) is 11.4 Å². The van der Waals surface area contributed by atoms with Gasteiger partial charge in [0.15, 0.2) is 0 Å². The van der Waals surface area contributed by atoms with E-state index in [1.807, 2.05) is 62.4 Å². The van der Waals surface area contributed by atoms with Crippen molar-refractivity contribution in [1.82, 2.24) is 9.97 Å². The zero-order valence-electron chi connectivity index (χ0n) is 14.2. The second-order valence-electron chi connectivity index (χ2n) is 6.29. The number of fused-ring (bicyclic) bond motifs is 2. The van der Waals surface area contributed by atoms with Gasteiger partial charge in [0.1, 0.15) is 0 Å². The fourth-order valence-corrected chi connectivity index (χ4v) is 3.10.